The molecule has 3 rings (SSSR count). The Morgan fingerprint density at radius 2 is 1.41 bits per heavy atom. The van der Waals surface area contributed by atoms with Gasteiger partial charge in [0.25, 0.3) is 5.91 Å². The van der Waals surface area contributed by atoms with Gasteiger partial charge in [-0.2, -0.15) is 0 Å². The van der Waals surface area contributed by atoms with Crippen LogP contribution in [0.3, 0.4) is 0 Å². The topological polar surface area (TPSA) is 75.6 Å². The Hall–Kier alpha value is -3.09. The maximum atomic E-state index is 12.9. The van der Waals surface area contributed by atoms with Crippen molar-refractivity contribution in [1.82, 2.24) is 0 Å². The van der Waals surface area contributed by atoms with E-state index in [2.05, 4.69) is 5.32 Å². The van der Waals surface area contributed by atoms with E-state index < -0.39 is 24.1 Å². The third kappa shape index (κ3) is 4.67. The van der Waals surface area contributed by atoms with Crippen molar-refractivity contribution in [3.63, 3.8) is 0 Å². The van der Waals surface area contributed by atoms with Gasteiger partial charge in [-0.05, 0) is 29.5 Å². The molecule has 0 radical (unpaired) electrons. The van der Waals surface area contributed by atoms with Gasteiger partial charge in [0, 0.05) is 4.90 Å². The molecule has 3 aromatic rings. The zero-order chi connectivity index (χ0) is 20.7. The van der Waals surface area contributed by atoms with Crippen molar-refractivity contribution < 1.29 is 19.4 Å². The molecule has 6 heteroatoms. The Labute approximate surface area is 173 Å². The molecule has 0 aliphatic heterocycles. The average Bonchev–Trinajstić information content (AvgIpc) is 2.78. The summed E-state index contributed by atoms with van der Waals surface area (Å²) < 4.78 is 5.22. The molecule has 5 nitrogen and oxygen atoms in total. The number of esters is 1. The number of benzene rings is 3. The number of carbonyl (C=O) groups is 2. The molecule has 0 bridgehead atoms. The van der Waals surface area contributed by atoms with Crippen LogP contribution in [0.25, 0.3) is 0 Å². The lowest BCUT2D eigenvalue weighted by Crippen LogP contribution is -2.39. The number of amides is 1. The van der Waals surface area contributed by atoms with Gasteiger partial charge in [-0.25, -0.2) is 4.79 Å². The molecule has 0 unspecified atom stereocenters. The molecule has 0 aliphatic carbocycles. The SMILES string of the molecule is CSc1ccccc1NC(=O)COC(=O)C(O)(c1ccccc1)c1ccccc1. The molecular formula is C23H21NO4S. The van der Waals surface area contributed by atoms with E-state index in [-0.39, 0.29) is 0 Å². The molecular weight excluding hydrogens is 386 g/mol. The Morgan fingerprint density at radius 3 is 1.97 bits per heavy atom. The van der Waals surface area contributed by atoms with E-state index in [0.29, 0.717) is 16.8 Å². The number of anilines is 1. The highest BCUT2D eigenvalue weighted by Gasteiger charge is 2.41. The summed E-state index contributed by atoms with van der Waals surface area (Å²) in [5.74, 6) is -1.40. The van der Waals surface area contributed by atoms with Gasteiger partial charge in [0.05, 0.1) is 5.69 Å². The molecule has 0 saturated heterocycles. The van der Waals surface area contributed by atoms with Crippen LogP contribution >= 0.6 is 11.8 Å². The normalized spacial score (nSPS) is 11.0. The highest BCUT2D eigenvalue weighted by Crippen LogP contribution is 2.31. The number of carbonyl (C=O) groups excluding carboxylic acids is 2. The fourth-order valence-electron chi connectivity index (χ4n) is 2.93. The lowest BCUT2D eigenvalue weighted by Gasteiger charge is -2.27. The Kier molecular flexibility index (Phi) is 6.69. The summed E-state index contributed by atoms with van der Waals surface area (Å²) in [4.78, 5) is 26.1. The van der Waals surface area contributed by atoms with Gasteiger partial charge in [0.15, 0.2) is 6.61 Å². The minimum Gasteiger partial charge on any atom is -0.453 e. The Bertz CT molecular complexity index is 937. The monoisotopic (exact) mass is 407 g/mol. The zero-order valence-corrected chi connectivity index (χ0v) is 16.7. The Balaban J connectivity index is 1.77. The van der Waals surface area contributed by atoms with Crippen molar-refractivity contribution >= 4 is 29.3 Å². The molecule has 0 heterocycles. The van der Waals surface area contributed by atoms with E-state index in [0.717, 1.165) is 4.90 Å². The standard InChI is InChI=1S/C23H21NO4S/c1-29-20-15-9-8-14-19(20)24-21(25)16-28-22(26)23(27,17-10-4-2-5-11-17)18-12-6-3-7-13-18/h2-15,27H,16H2,1H3,(H,24,25). The van der Waals surface area contributed by atoms with Crippen molar-refractivity contribution in [3.05, 3.63) is 96.1 Å². The lowest BCUT2D eigenvalue weighted by molar-refractivity contribution is -0.163. The zero-order valence-electron chi connectivity index (χ0n) is 15.9. The van der Waals surface area contributed by atoms with E-state index in [1.807, 2.05) is 24.5 Å². The first-order chi connectivity index (χ1) is 14.1. The maximum absolute atomic E-state index is 12.9. The summed E-state index contributed by atoms with van der Waals surface area (Å²) in [6, 6.07) is 24.4. The van der Waals surface area contributed by atoms with Crippen LogP contribution in [0, 0.1) is 0 Å². The number of rotatable bonds is 7. The summed E-state index contributed by atoms with van der Waals surface area (Å²) in [5.41, 5.74) is -0.643. The third-order valence-corrected chi connectivity index (χ3v) is 5.19. The summed E-state index contributed by atoms with van der Waals surface area (Å²) in [6.45, 7) is -0.510. The third-order valence-electron chi connectivity index (χ3n) is 4.39. The number of thioether (sulfide) groups is 1. The number of aliphatic hydroxyl groups is 1. The van der Waals surface area contributed by atoms with E-state index in [4.69, 9.17) is 4.74 Å². The highest BCUT2D eigenvalue weighted by atomic mass is 32.2. The van der Waals surface area contributed by atoms with Gasteiger partial charge >= 0.3 is 5.97 Å². The first kappa shape index (κ1) is 20.6. The molecule has 2 N–H and O–H groups in total. The molecule has 0 spiro atoms. The van der Waals surface area contributed by atoms with Crippen LogP contribution in [0.15, 0.2) is 89.8 Å². The molecule has 148 valence electrons. The summed E-state index contributed by atoms with van der Waals surface area (Å²) in [6.07, 6.45) is 1.91. The highest BCUT2D eigenvalue weighted by molar-refractivity contribution is 7.98. The van der Waals surface area contributed by atoms with Crippen LogP contribution in [0.2, 0.25) is 0 Å². The van der Waals surface area contributed by atoms with Gasteiger partial charge in [0.2, 0.25) is 5.60 Å². The minimum atomic E-state index is -2.01. The van der Waals surface area contributed by atoms with Crippen LogP contribution in [-0.2, 0) is 19.9 Å². The Morgan fingerprint density at radius 1 is 0.897 bits per heavy atom. The van der Waals surface area contributed by atoms with Gasteiger partial charge < -0.3 is 15.2 Å². The van der Waals surface area contributed by atoms with Crippen molar-refractivity contribution in [2.75, 3.05) is 18.2 Å². The van der Waals surface area contributed by atoms with Crippen molar-refractivity contribution in [2.24, 2.45) is 0 Å². The lowest BCUT2D eigenvalue weighted by atomic mass is 9.86. The van der Waals surface area contributed by atoms with Crippen molar-refractivity contribution in [2.45, 2.75) is 10.5 Å². The van der Waals surface area contributed by atoms with Crippen LogP contribution < -0.4 is 5.32 Å². The second-order valence-corrected chi connectivity index (χ2v) is 7.12. The summed E-state index contributed by atoms with van der Waals surface area (Å²) in [5, 5.41) is 14.0. The number of hydrogen-bond donors (Lipinski definition) is 2. The molecule has 1 amide bonds. The van der Waals surface area contributed by atoms with Crippen LogP contribution in [0.5, 0.6) is 0 Å². The predicted molar refractivity (Wildman–Crippen MR) is 114 cm³/mol. The average molecular weight is 407 g/mol. The van der Waals surface area contributed by atoms with Crippen LogP contribution in [0.1, 0.15) is 11.1 Å². The summed E-state index contributed by atoms with van der Waals surface area (Å²) >= 11 is 1.50. The van der Waals surface area contributed by atoms with E-state index >= 15 is 0 Å². The van der Waals surface area contributed by atoms with Crippen LogP contribution in [0.4, 0.5) is 5.69 Å². The largest absolute Gasteiger partial charge is 0.453 e. The molecule has 29 heavy (non-hydrogen) atoms. The van der Waals surface area contributed by atoms with Gasteiger partial charge in [-0.1, -0.05) is 72.8 Å². The van der Waals surface area contributed by atoms with Crippen LogP contribution in [-0.4, -0.2) is 29.8 Å². The number of hydrogen-bond acceptors (Lipinski definition) is 5. The van der Waals surface area contributed by atoms with Crippen molar-refractivity contribution in [3.8, 4) is 0 Å². The van der Waals surface area contributed by atoms with Gasteiger partial charge in [-0.3, -0.25) is 4.79 Å². The first-order valence-corrected chi connectivity index (χ1v) is 10.2. The fourth-order valence-corrected chi connectivity index (χ4v) is 3.48. The quantitative estimate of drug-likeness (QED) is 0.460. The van der Waals surface area contributed by atoms with E-state index in [1.165, 1.54) is 11.8 Å². The smallest absolute Gasteiger partial charge is 0.348 e. The number of ether oxygens (including phenoxy) is 1. The second-order valence-electron chi connectivity index (χ2n) is 6.27. The predicted octanol–water partition coefficient (Wildman–Crippen LogP) is 3.83. The van der Waals surface area contributed by atoms with Gasteiger partial charge in [-0.15, -0.1) is 11.8 Å². The molecule has 0 aliphatic rings. The minimum absolute atomic E-state index is 0.365. The van der Waals surface area contributed by atoms with E-state index in [9.17, 15) is 14.7 Å². The first-order valence-electron chi connectivity index (χ1n) is 8.99. The summed E-state index contributed by atoms with van der Waals surface area (Å²) in [7, 11) is 0. The molecule has 0 atom stereocenters. The molecule has 0 fully saturated rings. The number of nitrogens with one attached hydrogen (secondary N) is 1. The fraction of sp³-hybridized carbons (Fsp3) is 0.130. The molecule has 0 aromatic heterocycles. The van der Waals surface area contributed by atoms with E-state index in [1.54, 1.807) is 66.7 Å². The van der Waals surface area contributed by atoms with Crippen molar-refractivity contribution in [1.29, 1.82) is 0 Å². The molecule has 3 aromatic carbocycles. The molecule has 0 saturated carbocycles. The maximum Gasteiger partial charge on any atom is 0.348 e. The second kappa shape index (κ2) is 9.41. The van der Waals surface area contributed by atoms with Gasteiger partial charge in [0.1, 0.15) is 0 Å². The number of para-hydroxylation sites is 1.